The predicted molar refractivity (Wildman–Crippen MR) is 112 cm³/mol. The lowest BCUT2D eigenvalue weighted by atomic mass is 10.1. The first-order valence-electron chi connectivity index (χ1n) is 9.56. The van der Waals surface area contributed by atoms with Crippen molar-refractivity contribution in [2.45, 2.75) is 20.0 Å². The smallest absolute Gasteiger partial charge is 0.257 e. The molecule has 0 aliphatic rings. The van der Waals surface area contributed by atoms with E-state index >= 15 is 0 Å². The van der Waals surface area contributed by atoms with Gasteiger partial charge in [-0.2, -0.15) is 5.10 Å². The minimum Gasteiger partial charge on any atom is -0.467 e. The highest BCUT2D eigenvalue weighted by molar-refractivity contribution is 5.99. The molecule has 4 rings (SSSR count). The summed E-state index contributed by atoms with van der Waals surface area (Å²) in [5, 5.41) is 4.75. The summed E-state index contributed by atoms with van der Waals surface area (Å²) in [6.07, 6.45) is 3.45. The third kappa shape index (κ3) is 4.29. The van der Waals surface area contributed by atoms with Gasteiger partial charge in [0.15, 0.2) is 0 Å². The van der Waals surface area contributed by atoms with Crippen molar-refractivity contribution in [2.24, 2.45) is 0 Å². The maximum absolute atomic E-state index is 13.2. The van der Waals surface area contributed by atoms with Crippen LogP contribution in [-0.2, 0) is 13.1 Å². The largest absolute Gasteiger partial charge is 0.467 e. The molecular formula is C24H23N3O2. The van der Waals surface area contributed by atoms with E-state index in [4.69, 9.17) is 9.52 Å². The molecule has 0 saturated carbocycles. The number of rotatable bonds is 6. The Morgan fingerprint density at radius 2 is 1.79 bits per heavy atom. The van der Waals surface area contributed by atoms with Crippen LogP contribution in [0.1, 0.15) is 27.2 Å². The van der Waals surface area contributed by atoms with Crippen molar-refractivity contribution in [3.8, 4) is 11.3 Å². The molecule has 2 aromatic heterocycles. The zero-order valence-corrected chi connectivity index (χ0v) is 16.6. The zero-order chi connectivity index (χ0) is 20.2. The highest BCUT2D eigenvalue weighted by Gasteiger charge is 2.22. The Bertz CT molecular complexity index is 1080. The van der Waals surface area contributed by atoms with E-state index in [2.05, 4.69) is 12.1 Å². The molecule has 4 aromatic rings. The maximum atomic E-state index is 13.2. The normalized spacial score (nSPS) is 10.8. The summed E-state index contributed by atoms with van der Waals surface area (Å²) in [4.78, 5) is 14.9. The Balaban J connectivity index is 1.68. The first-order valence-corrected chi connectivity index (χ1v) is 9.56. The molecule has 0 atom stereocenters. The molecule has 2 aromatic carbocycles. The van der Waals surface area contributed by atoms with E-state index in [0.717, 1.165) is 16.9 Å². The monoisotopic (exact) mass is 385 g/mol. The van der Waals surface area contributed by atoms with Crippen molar-refractivity contribution in [3.05, 3.63) is 102 Å². The number of hydrogen-bond donors (Lipinski definition) is 0. The fourth-order valence-corrected chi connectivity index (χ4v) is 3.27. The van der Waals surface area contributed by atoms with Gasteiger partial charge in [-0.05, 0) is 24.6 Å². The first-order chi connectivity index (χ1) is 14.1. The van der Waals surface area contributed by atoms with E-state index < -0.39 is 0 Å². The Kier molecular flexibility index (Phi) is 5.29. The summed E-state index contributed by atoms with van der Waals surface area (Å²) in [6, 6.07) is 21.9. The van der Waals surface area contributed by atoms with Crippen molar-refractivity contribution in [1.82, 2.24) is 14.7 Å². The molecule has 0 fully saturated rings. The highest BCUT2D eigenvalue weighted by Crippen LogP contribution is 2.24. The summed E-state index contributed by atoms with van der Waals surface area (Å²) in [7, 11) is 1.78. The molecule has 0 spiro atoms. The Labute approximate surface area is 170 Å². The third-order valence-electron chi connectivity index (χ3n) is 4.82. The van der Waals surface area contributed by atoms with Gasteiger partial charge in [-0.15, -0.1) is 0 Å². The topological polar surface area (TPSA) is 51.3 Å². The number of aromatic nitrogens is 2. The average Bonchev–Trinajstić information content (AvgIpc) is 3.39. The van der Waals surface area contributed by atoms with Crippen molar-refractivity contribution >= 4 is 5.91 Å². The van der Waals surface area contributed by atoms with Crippen molar-refractivity contribution < 1.29 is 9.21 Å². The van der Waals surface area contributed by atoms with Crippen LogP contribution in [0.25, 0.3) is 11.3 Å². The van der Waals surface area contributed by atoms with Gasteiger partial charge < -0.3 is 9.32 Å². The summed E-state index contributed by atoms with van der Waals surface area (Å²) in [6.45, 7) is 3.05. The average molecular weight is 385 g/mol. The molecule has 0 radical (unpaired) electrons. The fourth-order valence-electron chi connectivity index (χ4n) is 3.27. The van der Waals surface area contributed by atoms with Crippen LogP contribution < -0.4 is 0 Å². The van der Waals surface area contributed by atoms with Gasteiger partial charge in [0.2, 0.25) is 0 Å². The van der Waals surface area contributed by atoms with Crippen LogP contribution in [0.4, 0.5) is 0 Å². The van der Waals surface area contributed by atoms with Crippen molar-refractivity contribution in [3.63, 3.8) is 0 Å². The Morgan fingerprint density at radius 3 is 2.48 bits per heavy atom. The van der Waals surface area contributed by atoms with Crippen LogP contribution in [0.3, 0.4) is 0 Å². The number of carbonyl (C=O) groups is 1. The van der Waals surface area contributed by atoms with Crippen LogP contribution in [0, 0.1) is 6.92 Å². The van der Waals surface area contributed by atoms with Gasteiger partial charge in [0.1, 0.15) is 11.5 Å². The van der Waals surface area contributed by atoms with E-state index in [1.54, 1.807) is 18.2 Å². The number of furan rings is 1. The van der Waals surface area contributed by atoms with Gasteiger partial charge in [0, 0.05) is 18.8 Å². The highest BCUT2D eigenvalue weighted by atomic mass is 16.3. The molecule has 0 aliphatic carbocycles. The van der Waals surface area contributed by atoms with Crippen LogP contribution >= 0.6 is 0 Å². The molecule has 146 valence electrons. The lowest BCUT2D eigenvalue weighted by molar-refractivity contribution is 0.0776. The van der Waals surface area contributed by atoms with E-state index in [1.807, 2.05) is 72.4 Å². The summed E-state index contributed by atoms with van der Waals surface area (Å²) < 4.78 is 7.22. The third-order valence-corrected chi connectivity index (χ3v) is 4.82. The molecule has 29 heavy (non-hydrogen) atoms. The molecule has 5 heteroatoms. The lowest BCUT2D eigenvalue weighted by Gasteiger charge is -2.15. The van der Waals surface area contributed by atoms with Gasteiger partial charge in [-0.1, -0.05) is 60.2 Å². The molecular weight excluding hydrogens is 362 g/mol. The van der Waals surface area contributed by atoms with Crippen LogP contribution in [-0.4, -0.2) is 27.6 Å². The van der Waals surface area contributed by atoms with E-state index in [0.29, 0.717) is 24.3 Å². The first kappa shape index (κ1) is 18.7. The second-order valence-corrected chi connectivity index (χ2v) is 7.18. The quantitative estimate of drug-likeness (QED) is 0.480. The lowest BCUT2D eigenvalue weighted by Crippen LogP contribution is -2.26. The number of benzene rings is 2. The van der Waals surface area contributed by atoms with E-state index in [1.165, 1.54) is 5.56 Å². The maximum Gasteiger partial charge on any atom is 0.257 e. The molecule has 0 aliphatic heterocycles. The Morgan fingerprint density at radius 1 is 1.03 bits per heavy atom. The van der Waals surface area contributed by atoms with Gasteiger partial charge in [0.25, 0.3) is 5.91 Å². The number of carbonyl (C=O) groups excluding carboxylic acids is 1. The molecule has 0 saturated heterocycles. The second-order valence-electron chi connectivity index (χ2n) is 7.18. The van der Waals surface area contributed by atoms with Gasteiger partial charge in [0.05, 0.1) is 24.9 Å². The van der Waals surface area contributed by atoms with Gasteiger partial charge >= 0.3 is 0 Å². The molecule has 0 bridgehead atoms. The van der Waals surface area contributed by atoms with E-state index in [9.17, 15) is 4.79 Å². The standard InChI is InChI=1S/C24H23N3O2/c1-18-10-12-20(13-11-18)23-22(24(28)26(2)16-21-9-6-14-29-21)17-27(25-23)15-19-7-4-3-5-8-19/h3-14,17H,15-16H2,1-2H3. The zero-order valence-electron chi connectivity index (χ0n) is 16.6. The number of hydrogen-bond acceptors (Lipinski definition) is 3. The molecule has 0 N–H and O–H groups in total. The molecule has 2 heterocycles. The van der Waals surface area contributed by atoms with Crippen LogP contribution in [0.5, 0.6) is 0 Å². The van der Waals surface area contributed by atoms with Crippen LogP contribution in [0.2, 0.25) is 0 Å². The molecule has 5 nitrogen and oxygen atoms in total. The molecule has 0 unspecified atom stereocenters. The number of nitrogens with zero attached hydrogens (tertiary/aromatic N) is 3. The van der Waals surface area contributed by atoms with Gasteiger partial charge in [-0.25, -0.2) is 0 Å². The summed E-state index contributed by atoms with van der Waals surface area (Å²) in [5.41, 5.74) is 4.50. The van der Waals surface area contributed by atoms with Crippen molar-refractivity contribution in [2.75, 3.05) is 7.05 Å². The number of amides is 1. The number of aryl methyl sites for hydroxylation is 1. The summed E-state index contributed by atoms with van der Waals surface area (Å²) in [5.74, 6) is 0.658. The summed E-state index contributed by atoms with van der Waals surface area (Å²) >= 11 is 0. The predicted octanol–water partition coefficient (Wildman–Crippen LogP) is 4.77. The molecule has 1 amide bonds. The van der Waals surface area contributed by atoms with Gasteiger partial charge in [-0.3, -0.25) is 9.48 Å². The second kappa shape index (κ2) is 8.19. The van der Waals surface area contributed by atoms with E-state index in [-0.39, 0.29) is 5.91 Å². The fraction of sp³-hybridized carbons (Fsp3) is 0.167. The Hall–Kier alpha value is -3.60. The van der Waals surface area contributed by atoms with Crippen molar-refractivity contribution in [1.29, 1.82) is 0 Å². The SMILES string of the molecule is Cc1ccc(-c2nn(Cc3ccccc3)cc2C(=O)N(C)Cc2ccco2)cc1. The minimum atomic E-state index is -0.0868. The minimum absolute atomic E-state index is 0.0868. The van der Waals surface area contributed by atoms with Crippen LogP contribution in [0.15, 0.2) is 83.6 Å².